The summed E-state index contributed by atoms with van der Waals surface area (Å²) >= 11 is 5.98. The number of carbonyl (C=O) groups is 1. The second-order valence-corrected chi connectivity index (χ2v) is 3.50. The first-order valence-electron chi connectivity index (χ1n) is 4.47. The van der Waals surface area contributed by atoms with Crippen LogP contribution in [0.4, 0.5) is 0 Å². The van der Waals surface area contributed by atoms with Crippen molar-refractivity contribution >= 4 is 17.6 Å². The van der Waals surface area contributed by atoms with Crippen LogP contribution >= 0.6 is 11.6 Å². The zero-order valence-electron chi connectivity index (χ0n) is 8.09. The summed E-state index contributed by atoms with van der Waals surface area (Å²) in [7, 11) is 0. The normalized spacial score (nSPS) is 10.1. The lowest BCUT2D eigenvalue weighted by molar-refractivity contribution is 0.0697. The molecule has 0 saturated heterocycles. The Kier molecular flexibility index (Phi) is 2.83. The Morgan fingerprint density at radius 3 is 2.69 bits per heavy atom. The summed E-state index contributed by atoms with van der Waals surface area (Å²) in [6.45, 7) is 0. The molecular formula is C11H7ClN2O2. The predicted octanol–water partition coefficient (Wildman–Crippen LogP) is 2.50. The lowest BCUT2D eigenvalue weighted by atomic mass is 10.1. The number of rotatable bonds is 2. The number of halogens is 1. The molecule has 1 N–H and O–H groups in total. The first-order valence-corrected chi connectivity index (χ1v) is 4.85. The van der Waals surface area contributed by atoms with Gasteiger partial charge in [0.15, 0.2) is 0 Å². The highest BCUT2D eigenvalue weighted by Gasteiger charge is 2.08. The third-order valence-corrected chi connectivity index (χ3v) is 2.39. The number of hydrogen-bond donors (Lipinski definition) is 1. The Bertz CT molecular complexity index is 529. The highest BCUT2D eigenvalue weighted by atomic mass is 35.5. The molecule has 1 aromatic heterocycles. The molecule has 2 aromatic rings. The second-order valence-electron chi connectivity index (χ2n) is 3.09. The van der Waals surface area contributed by atoms with Crippen molar-refractivity contribution in [1.29, 1.82) is 0 Å². The summed E-state index contributed by atoms with van der Waals surface area (Å²) in [6.07, 6.45) is 3.01. The van der Waals surface area contributed by atoms with E-state index in [1.807, 2.05) is 0 Å². The van der Waals surface area contributed by atoms with Gasteiger partial charge >= 0.3 is 5.97 Å². The van der Waals surface area contributed by atoms with E-state index >= 15 is 0 Å². The van der Waals surface area contributed by atoms with Gasteiger partial charge in [-0.3, -0.25) is 0 Å². The molecule has 0 spiro atoms. The van der Waals surface area contributed by atoms with E-state index in [1.165, 1.54) is 18.5 Å². The standard InChI is InChI=1S/C11H7ClN2O2/c12-9-5-7(11(15)16)1-2-8(9)10-3-4-13-6-14-10/h1-6H,(H,15,16). The van der Waals surface area contributed by atoms with Crippen molar-refractivity contribution in [3.8, 4) is 11.3 Å². The Hall–Kier alpha value is -1.94. The number of aromatic carboxylic acids is 1. The van der Waals surface area contributed by atoms with E-state index < -0.39 is 5.97 Å². The maximum Gasteiger partial charge on any atom is 0.335 e. The predicted molar refractivity (Wildman–Crippen MR) is 59.4 cm³/mol. The van der Waals surface area contributed by atoms with Crippen LogP contribution in [0.15, 0.2) is 36.8 Å². The first-order chi connectivity index (χ1) is 7.68. The van der Waals surface area contributed by atoms with Gasteiger partial charge in [0.2, 0.25) is 0 Å². The molecule has 0 fully saturated rings. The van der Waals surface area contributed by atoms with Gasteiger partial charge in [-0.05, 0) is 18.2 Å². The Morgan fingerprint density at radius 1 is 1.31 bits per heavy atom. The van der Waals surface area contributed by atoms with Gasteiger partial charge in [0.1, 0.15) is 6.33 Å². The van der Waals surface area contributed by atoms with Gasteiger partial charge in [0.05, 0.1) is 16.3 Å². The third-order valence-electron chi connectivity index (χ3n) is 2.07. The zero-order valence-corrected chi connectivity index (χ0v) is 8.85. The van der Waals surface area contributed by atoms with E-state index in [4.69, 9.17) is 16.7 Å². The number of benzene rings is 1. The molecule has 80 valence electrons. The van der Waals surface area contributed by atoms with Crippen LogP contribution in [0.1, 0.15) is 10.4 Å². The lowest BCUT2D eigenvalue weighted by Gasteiger charge is -2.03. The van der Waals surface area contributed by atoms with E-state index in [2.05, 4.69) is 9.97 Å². The van der Waals surface area contributed by atoms with Crippen LogP contribution in [0.2, 0.25) is 5.02 Å². The molecule has 0 saturated carbocycles. The Labute approximate surface area is 96.6 Å². The topological polar surface area (TPSA) is 63.1 Å². The molecule has 1 aromatic carbocycles. The summed E-state index contributed by atoms with van der Waals surface area (Å²) < 4.78 is 0. The molecule has 2 rings (SSSR count). The fourth-order valence-electron chi connectivity index (χ4n) is 1.31. The minimum atomic E-state index is -1.00. The summed E-state index contributed by atoms with van der Waals surface area (Å²) in [6, 6.07) is 6.24. The van der Waals surface area contributed by atoms with E-state index in [9.17, 15) is 4.79 Å². The smallest absolute Gasteiger partial charge is 0.335 e. The number of carboxylic acids is 1. The molecule has 0 aliphatic carbocycles. The van der Waals surface area contributed by atoms with Crippen molar-refractivity contribution in [3.63, 3.8) is 0 Å². The number of aromatic nitrogens is 2. The monoisotopic (exact) mass is 234 g/mol. The average Bonchev–Trinajstić information content (AvgIpc) is 2.30. The molecule has 0 atom stereocenters. The fraction of sp³-hybridized carbons (Fsp3) is 0. The van der Waals surface area contributed by atoms with E-state index in [0.717, 1.165) is 0 Å². The summed E-state index contributed by atoms with van der Waals surface area (Å²) in [5.74, 6) is -1.00. The molecule has 0 bridgehead atoms. The molecule has 5 heteroatoms. The first kappa shape index (κ1) is 10.6. The SMILES string of the molecule is O=C(O)c1ccc(-c2ccncn2)c(Cl)c1. The highest BCUT2D eigenvalue weighted by molar-refractivity contribution is 6.33. The zero-order chi connectivity index (χ0) is 11.5. The van der Waals surface area contributed by atoms with Crippen LogP contribution in [-0.2, 0) is 0 Å². The van der Waals surface area contributed by atoms with Crippen LogP contribution in [0.5, 0.6) is 0 Å². The quantitative estimate of drug-likeness (QED) is 0.867. The fourth-order valence-corrected chi connectivity index (χ4v) is 1.58. The largest absolute Gasteiger partial charge is 0.478 e. The lowest BCUT2D eigenvalue weighted by Crippen LogP contribution is -1.96. The molecule has 0 unspecified atom stereocenters. The van der Waals surface area contributed by atoms with Crippen molar-refractivity contribution in [2.45, 2.75) is 0 Å². The number of nitrogens with zero attached hydrogens (tertiary/aromatic N) is 2. The van der Waals surface area contributed by atoms with Crippen LogP contribution in [0, 0.1) is 0 Å². The molecule has 0 amide bonds. The minimum absolute atomic E-state index is 0.155. The number of hydrogen-bond acceptors (Lipinski definition) is 3. The van der Waals surface area contributed by atoms with Gasteiger partial charge in [0, 0.05) is 11.8 Å². The van der Waals surface area contributed by atoms with E-state index in [0.29, 0.717) is 16.3 Å². The Morgan fingerprint density at radius 2 is 2.12 bits per heavy atom. The van der Waals surface area contributed by atoms with Gasteiger partial charge in [-0.25, -0.2) is 14.8 Å². The van der Waals surface area contributed by atoms with Crippen molar-refractivity contribution < 1.29 is 9.90 Å². The summed E-state index contributed by atoms with van der Waals surface area (Å²) in [4.78, 5) is 18.6. The van der Waals surface area contributed by atoms with Crippen molar-refractivity contribution in [2.24, 2.45) is 0 Å². The Balaban J connectivity index is 2.48. The minimum Gasteiger partial charge on any atom is -0.478 e. The summed E-state index contributed by atoms with van der Waals surface area (Å²) in [5, 5.41) is 9.15. The van der Waals surface area contributed by atoms with Crippen LogP contribution < -0.4 is 0 Å². The summed E-state index contributed by atoms with van der Waals surface area (Å²) in [5.41, 5.74) is 1.51. The van der Waals surface area contributed by atoms with Gasteiger partial charge in [-0.1, -0.05) is 17.7 Å². The van der Waals surface area contributed by atoms with Crippen molar-refractivity contribution in [1.82, 2.24) is 9.97 Å². The van der Waals surface area contributed by atoms with Gasteiger partial charge in [0.25, 0.3) is 0 Å². The maximum atomic E-state index is 10.7. The maximum absolute atomic E-state index is 10.7. The molecule has 0 aliphatic heterocycles. The van der Waals surface area contributed by atoms with E-state index in [1.54, 1.807) is 18.3 Å². The molecule has 0 aliphatic rings. The molecule has 1 heterocycles. The second kappa shape index (κ2) is 4.28. The molecular weight excluding hydrogens is 228 g/mol. The van der Waals surface area contributed by atoms with Crippen LogP contribution in [-0.4, -0.2) is 21.0 Å². The van der Waals surface area contributed by atoms with Crippen molar-refractivity contribution in [2.75, 3.05) is 0 Å². The van der Waals surface area contributed by atoms with E-state index in [-0.39, 0.29) is 5.56 Å². The van der Waals surface area contributed by atoms with Gasteiger partial charge < -0.3 is 5.11 Å². The van der Waals surface area contributed by atoms with Gasteiger partial charge in [-0.15, -0.1) is 0 Å². The highest BCUT2D eigenvalue weighted by Crippen LogP contribution is 2.26. The molecule has 0 radical (unpaired) electrons. The third kappa shape index (κ3) is 2.01. The van der Waals surface area contributed by atoms with Crippen LogP contribution in [0.3, 0.4) is 0 Å². The number of carboxylic acid groups (broad SMARTS) is 1. The van der Waals surface area contributed by atoms with Crippen molar-refractivity contribution in [3.05, 3.63) is 47.4 Å². The van der Waals surface area contributed by atoms with Crippen LogP contribution in [0.25, 0.3) is 11.3 Å². The average molecular weight is 235 g/mol. The molecule has 4 nitrogen and oxygen atoms in total. The van der Waals surface area contributed by atoms with Gasteiger partial charge in [-0.2, -0.15) is 0 Å². The molecule has 16 heavy (non-hydrogen) atoms.